The zero-order valence-corrected chi connectivity index (χ0v) is 11.6. The number of alkyl halides is 1. The number of rotatable bonds is 2. The molecule has 6 heteroatoms. The SMILES string of the molecule is Br.Br.Nc1cc(C(=O)CBr)ccn1. The molecular weight excluding hydrogens is 368 g/mol. The van der Waals surface area contributed by atoms with Crippen molar-refractivity contribution >= 4 is 61.5 Å². The Balaban J connectivity index is 0. The van der Waals surface area contributed by atoms with Gasteiger partial charge in [-0.2, -0.15) is 0 Å². The second-order valence-corrected chi connectivity index (χ2v) is 2.59. The second-order valence-electron chi connectivity index (χ2n) is 2.03. The summed E-state index contributed by atoms with van der Waals surface area (Å²) in [6.45, 7) is 0. The molecule has 0 saturated carbocycles. The molecule has 0 atom stereocenters. The van der Waals surface area contributed by atoms with Gasteiger partial charge < -0.3 is 5.73 Å². The predicted molar refractivity (Wildman–Crippen MR) is 67.4 cm³/mol. The molecule has 0 radical (unpaired) electrons. The minimum absolute atomic E-state index is 0. The molecule has 1 heterocycles. The molecule has 0 unspecified atom stereocenters. The minimum atomic E-state index is 0. The van der Waals surface area contributed by atoms with Gasteiger partial charge in [0.25, 0.3) is 0 Å². The first-order chi connectivity index (χ1) is 5.24. The lowest BCUT2D eigenvalue weighted by Gasteiger charge is -1.96. The zero-order valence-electron chi connectivity index (χ0n) is 6.57. The smallest absolute Gasteiger partial charge is 0.173 e. The summed E-state index contributed by atoms with van der Waals surface area (Å²) in [6.07, 6.45) is 1.52. The van der Waals surface area contributed by atoms with Crippen LogP contribution in [0.2, 0.25) is 0 Å². The Kier molecular flexibility index (Phi) is 8.91. The number of nitrogen functional groups attached to an aromatic ring is 1. The molecule has 1 aromatic rings. The fourth-order valence-electron chi connectivity index (χ4n) is 0.699. The maximum absolute atomic E-state index is 11.0. The van der Waals surface area contributed by atoms with E-state index in [0.717, 1.165) is 0 Å². The normalized spacial score (nSPS) is 8.08. The van der Waals surface area contributed by atoms with Crippen LogP contribution in [0, 0.1) is 0 Å². The van der Waals surface area contributed by atoms with Crippen molar-refractivity contribution < 1.29 is 4.79 Å². The van der Waals surface area contributed by atoms with Gasteiger partial charge in [0.2, 0.25) is 0 Å². The monoisotopic (exact) mass is 374 g/mol. The fourth-order valence-corrected chi connectivity index (χ4v) is 1.02. The van der Waals surface area contributed by atoms with Gasteiger partial charge in [-0.25, -0.2) is 4.98 Å². The molecule has 1 aromatic heterocycles. The minimum Gasteiger partial charge on any atom is -0.384 e. The number of ketones is 1. The van der Waals surface area contributed by atoms with Crippen molar-refractivity contribution in [2.24, 2.45) is 0 Å². The van der Waals surface area contributed by atoms with E-state index < -0.39 is 0 Å². The van der Waals surface area contributed by atoms with Gasteiger partial charge in [0.05, 0.1) is 5.33 Å². The number of pyridine rings is 1. The summed E-state index contributed by atoms with van der Waals surface area (Å²) < 4.78 is 0. The van der Waals surface area contributed by atoms with Crippen molar-refractivity contribution in [3.8, 4) is 0 Å². The number of nitrogens with zero attached hydrogens (tertiary/aromatic N) is 1. The fraction of sp³-hybridized carbons (Fsp3) is 0.143. The number of anilines is 1. The second kappa shape index (κ2) is 7.46. The highest BCUT2D eigenvalue weighted by molar-refractivity contribution is 9.09. The Morgan fingerprint density at radius 1 is 1.54 bits per heavy atom. The van der Waals surface area contributed by atoms with E-state index in [1.807, 2.05) is 0 Å². The van der Waals surface area contributed by atoms with Gasteiger partial charge in [-0.15, -0.1) is 34.0 Å². The molecule has 74 valence electrons. The Hall–Kier alpha value is 0.0600. The van der Waals surface area contributed by atoms with E-state index in [1.165, 1.54) is 6.20 Å². The third-order valence-electron chi connectivity index (χ3n) is 1.22. The van der Waals surface area contributed by atoms with Gasteiger partial charge in [0.15, 0.2) is 5.78 Å². The summed E-state index contributed by atoms with van der Waals surface area (Å²) in [6, 6.07) is 3.20. The van der Waals surface area contributed by atoms with Crippen molar-refractivity contribution in [2.75, 3.05) is 11.1 Å². The summed E-state index contributed by atoms with van der Waals surface area (Å²) in [4.78, 5) is 14.8. The number of aromatic nitrogens is 1. The van der Waals surface area contributed by atoms with E-state index in [1.54, 1.807) is 12.1 Å². The van der Waals surface area contributed by atoms with Crippen LogP contribution in [0.25, 0.3) is 0 Å². The summed E-state index contributed by atoms with van der Waals surface area (Å²) in [5.41, 5.74) is 5.96. The first-order valence-corrected chi connectivity index (χ1v) is 4.17. The highest BCUT2D eigenvalue weighted by Crippen LogP contribution is 2.04. The van der Waals surface area contributed by atoms with E-state index in [2.05, 4.69) is 20.9 Å². The molecule has 0 bridgehead atoms. The third-order valence-corrected chi connectivity index (χ3v) is 1.73. The average Bonchev–Trinajstić information content (AvgIpc) is 2.03. The Labute approximate surface area is 106 Å². The first-order valence-electron chi connectivity index (χ1n) is 3.04. The maximum atomic E-state index is 11.0. The van der Waals surface area contributed by atoms with Crippen LogP contribution in [0.5, 0.6) is 0 Å². The lowest BCUT2D eigenvalue weighted by Crippen LogP contribution is -2.01. The predicted octanol–water partition coefficient (Wildman–Crippen LogP) is 2.40. The number of halogens is 3. The van der Waals surface area contributed by atoms with Gasteiger partial charge >= 0.3 is 0 Å². The van der Waals surface area contributed by atoms with Crippen molar-refractivity contribution in [3.63, 3.8) is 0 Å². The molecule has 0 amide bonds. The number of hydrogen-bond donors (Lipinski definition) is 1. The highest BCUT2D eigenvalue weighted by Gasteiger charge is 2.02. The van der Waals surface area contributed by atoms with E-state index in [4.69, 9.17) is 5.73 Å². The van der Waals surface area contributed by atoms with Gasteiger partial charge in [-0.05, 0) is 12.1 Å². The lowest BCUT2D eigenvalue weighted by atomic mass is 10.2. The van der Waals surface area contributed by atoms with Crippen LogP contribution >= 0.6 is 49.9 Å². The molecule has 0 aliphatic rings. The largest absolute Gasteiger partial charge is 0.384 e. The molecule has 0 aliphatic heterocycles. The number of Topliss-reactive ketones (excluding diaryl/α,β-unsaturated/α-hetero) is 1. The first kappa shape index (κ1) is 15.5. The van der Waals surface area contributed by atoms with Crippen LogP contribution < -0.4 is 5.73 Å². The number of hydrogen-bond acceptors (Lipinski definition) is 3. The number of carbonyl (C=O) groups excluding carboxylic acids is 1. The third kappa shape index (κ3) is 4.73. The van der Waals surface area contributed by atoms with Crippen molar-refractivity contribution in [3.05, 3.63) is 23.9 Å². The molecule has 0 aliphatic carbocycles. The zero-order chi connectivity index (χ0) is 8.27. The Bertz CT molecular complexity index is 280. The van der Waals surface area contributed by atoms with Crippen LogP contribution in [0.4, 0.5) is 5.82 Å². The molecule has 0 aromatic carbocycles. The van der Waals surface area contributed by atoms with Crippen LogP contribution in [0.3, 0.4) is 0 Å². The molecular formula is C7H9Br3N2O. The average molecular weight is 377 g/mol. The van der Waals surface area contributed by atoms with Gasteiger partial charge in [0.1, 0.15) is 5.82 Å². The van der Waals surface area contributed by atoms with E-state index in [9.17, 15) is 4.79 Å². The molecule has 1 rings (SSSR count). The van der Waals surface area contributed by atoms with Crippen LogP contribution in [-0.4, -0.2) is 16.1 Å². The quantitative estimate of drug-likeness (QED) is 0.637. The molecule has 0 saturated heterocycles. The number of nitrogens with two attached hydrogens (primary N) is 1. The topological polar surface area (TPSA) is 56.0 Å². The lowest BCUT2D eigenvalue weighted by molar-refractivity contribution is 0.102. The summed E-state index contributed by atoms with van der Waals surface area (Å²) in [5, 5.41) is 0.316. The molecule has 0 spiro atoms. The van der Waals surface area contributed by atoms with Crippen molar-refractivity contribution in [1.29, 1.82) is 0 Å². The standard InChI is InChI=1S/C7H7BrN2O.2BrH/c8-4-6(11)5-1-2-10-7(9)3-5;;/h1-3H,4H2,(H2,9,10);2*1H. The van der Waals surface area contributed by atoms with Gasteiger partial charge in [-0.3, -0.25) is 4.79 Å². The summed E-state index contributed by atoms with van der Waals surface area (Å²) in [5.74, 6) is 0.385. The molecule has 13 heavy (non-hydrogen) atoms. The van der Waals surface area contributed by atoms with Crippen LogP contribution in [0.1, 0.15) is 10.4 Å². The van der Waals surface area contributed by atoms with Gasteiger partial charge in [0, 0.05) is 11.8 Å². The Morgan fingerprint density at radius 2 is 2.15 bits per heavy atom. The van der Waals surface area contributed by atoms with E-state index >= 15 is 0 Å². The molecule has 0 fully saturated rings. The molecule has 3 nitrogen and oxygen atoms in total. The summed E-state index contributed by atoms with van der Waals surface area (Å²) in [7, 11) is 0. The van der Waals surface area contributed by atoms with Crippen LogP contribution in [0.15, 0.2) is 18.3 Å². The highest BCUT2D eigenvalue weighted by atomic mass is 79.9. The molecule has 2 N–H and O–H groups in total. The van der Waals surface area contributed by atoms with Crippen molar-refractivity contribution in [2.45, 2.75) is 0 Å². The van der Waals surface area contributed by atoms with Gasteiger partial charge in [-0.1, -0.05) is 15.9 Å². The maximum Gasteiger partial charge on any atom is 0.173 e. The van der Waals surface area contributed by atoms with E-state index in [0.29, 0.717) is 16.7 Å². The summed E-state index contributed by atoms with van der Waals surface area (Å²) >= 11 is 3.07. The Morgan fingerprint density at radius 3 is 2.62 bits per heavy atom. The van der Waals surface area contributed by atoms with E-state index in [-0.39, 0.29) is 39.7 Å². The number of carbonyl (C=O) groups is 1. The van der Waals surface area contributed by atoms with Crippen molar-refractivity contribution in [1.82, 2.24) is 4.98 Å². The van der Waals surface area contributed by atoms with Crippen LogP contribution in [-0.2, 0) is 0 Å².